The van der Waals surface area contributed by atoms with E-state index in [0.29, 0.717) is 29.0 Å². The van der Waals surface area contributed by atoms with Crippen LogP contribution in [0.3, 0.4) is 0 Å². The van der Waals surface area contributed by atoms with Gasteiger partial charge in [-0.2, -0.15) is 0 Å². The fourth-order valence-corrected chi connectivity index (χ4v) is 4.37. The standard InChI is InChI=1S/C21H25NO4S/c1-14-9-10-22(16-7-5-6-8-19(16)27-14)20(23)13-15-11-17(24-2)21(26-4)18(12-15)25-3/h5-8,11-12,14H,9-10,13H2,1-4H3. The Morgan fingerprint density at radius 2 is 1.78 bits per heavy atom. The Morgan fingerprint density at radius 3 is 2.41 bits per heavy atom. The molecular formula is C21H25NO4S. The predicted molar refractivity (Wildman–Crippen MR) is 109 cm³/mol. The number of carbonyl (C=O) groups excluding carboxylic acids is 1. The van der Waals surface area contributed by atoms with Gasteiger partial charge in [0.1, 0.15) is 0 Å². The van der Waals surface area contributed by atoms with Gasteiger partial charge in [0, 0.05) is 16.7 Å². The van der Waals surface area contributed by atoms with Crippen LogP contribution >= 0.6 is 11.8 Å². The number of anilines is 1. The summed E-state index contributed by atoms with van der Waals surface area (Å²) in [5.74, 6) is 1.70. The molecule has 1 aliphatic heterocycles. The third kappa shape index (κ3) is 4.16. The van der Waals surface area contributed by atoms with Gasteiger partial charge < -0.3 is 19.1 Å². The quantitative estimate of drug-likeness (QED) is 0.771. The van der Waals surface area contributed by atoms with Crippen LogP contribution in [0.4, 0.5) is 5.69 Å². The number of rotatable bonds is 5. The first-order valence-corrected chi connectivity index (χ1v) is 9.80. The van der Waals surface area contributed by atoms with Crippen LogP contribution in [0, 0.1) is 0 Å². The molecule has 0 fully saturated rings. The highest BCUT2D eigenvalue weighted by molar-refractivity contribution is 8.00. The van der Waals surface area contributed by atoms with Gasteiger partial charge in [-0.25, -0.2) is 0 Å². The van der Waals surface area contributed by atoms with Crippen LogP contribution in [0.25, 0.3) is 0 Å². The Hall–Kier alpha value is -2.34. The van der Waals surface area contributed by atoms with E-state index in [1.807, 2.05) is 47.0 Å². The van der Waals surface area contributed by atoms with Crippen LogP contribution in [0.5, 0.6) is 17.2 Å². The second kappa shape index (κ2) is 8.57. The molecule has 0 aromatic heterocycles. The molecule has 1 unspecified atom stereocenters. The van der Waals surface area contributed by atoms with Gasteiger partial charge in [0.25, 0.3) is 0 Å². The minimum Gasteiger partial charge on any atom is -0.493 e. The lowest BCUT2D eigenvalue weighted by atomic mass is 10.1. The smallest absolute Gasteiger partial charge is 0.231 e. The third-order valence-electron chi connectivity index (χ3n) is 4.62. The van der Waals surface area contributed by atoms with Gasteiger partial charge in [-0.05, 0) is 36.2 Å². The molecule has 0 bridgehead atoms. The molecule has 6 heteroatoms. The molecule has 0 saturated carbocycles. The maximum atomic E-state index is 13.1. The number of fused-ring (bicyclic) bond motifs is 1. The number of nitrogens with zero attached hydrogens (tertiary/aromatic N) is 1. The Bertz CT molecular complexity index is 799. The number of hydrogen-bond donors (Lipinski definition) is 0. The molecule has 5 nitrogen and oxygen atoms in total. The molecule has 1 amide bonds. The minimum absolute atomic E-state index is 0.0615. The van der Waals surface area contributed by atoms with Gasteiger partial charge in [-0.1, -0.05) is 19.1 Å². The minimum atomic E-state index is 0.0615. The number of thioether (sulfide) groups is 1. The first-order valence-electron chi connectivity index (χ1n) is 8.92. The monoisotopic (exact) mass is 387 g/mol. The molecule has 0 radical (unpaired) electrons. The summed E-state index contributed by atoms with van der Waals surface area (Å²) in [6.45, 7) is 2.92. The zero-order chi connectivity index (χ0) is 19.4. The normalized spacial score (nSPS) is 16.3. The number of hydrogen-bond acceptors (Lipinski definition) is 5. The summed E-state index contributed by atoms with van der Waals surface area (Å²) >= 11 is 1.83. The van der Waals surface area contributed by atoms with Crippen molar-refractivity contribution in [2.24, 2.45) is 0 Å². The molecule has 1 aliphatic rings. The molecule has 3 rings (SSSR count). The van der Waals surface area contributed by atoms with E-state index in [-0.39, 0.29) is 12.3 Å². The van der Waals surface area contributed by atoms with Crippen molar-refractivity contribution in [2.45, 2.75) is 29.9 Å². The molecule has 1 atom stereocenters. The van der Waals surface area contributed by atoms with Crippen LogP contribution in [0.15, 0.2) is 41.3 Å². The summed E-state index contributed by atoms with van der Waals surface area (Å²) in [5, 5.41) is 0.477. The van der Waals surface area contributed by atoms with Gasteiger partial charge in [0.15, 0.2) is 11.5 Å². The number of para-hydroxylation sites is 1. The van der Waals surface area contributed by atoms with E-state index in [0.717, 1.165) is 22.6 Å². The van der Waals surface area contributed by atoms with E-state index in [4.69, 9.17) is 14.2 Å². The summed E-state index contributed by atoms with van der Waals surface area (Å²) in [7, 11) is 4.72. The molecule has 27 heavy (non-hydrogen) atoms. The average Bonchev–Trinajstić information content (AvgIpc) is 2.85. The summed E-state index contributed by atoms with van der Waals surface area (Å²) < 4.78 is 16.2. The molecule has 2 aromatic rings. The fraction of sp³-hybridized carbons (Fsp3) is 0.381. The van der Waals surface area contributed by atoms with Crippen molar-refractivity contribution in [3.8, 4) is 17.2 Å². The van der Waals surface area contributed by atoms with Crippen molar-refractivity contribution in [2.75, 3.05) is 32.8 Å². The highest BCUT2D eigenvalue weighted by Crippen LogP contribution is 2.40. The van der Waals surface area contributed by atoms with Crippen LogP contribution in [-0.2, 0) is 11.2 Å². The molecule has 0 saturated heterocycles. The Balaban J connectivity index is 1.89. The van der Waals surface area contributed by atoms with Gasteiger partial charge in [0.05, 0.1) is 33.4 Å². The summed E-state index contributed by atoms with van der Waals surface area (Å²) in [6, 6.07) is 11.8. The highest BCUT2D eigenvalue weighted by atomic mass is 32.2. The molecule has 1 heterocycles. The van der Waals surface area contributed by atoms with Crippen LogP contribution in [-0.4, -0.2) is 39.0 Å². The van der Waals surface area contributed by atoms with Gasteiger partial charge in [-0.3, -0.25) is 4.79 Å². The second-order valence-electron chi connectivity index (χ2n) is 6.44. The fourth-order valence-electron chi connectivity index (χ4n) is 3.25. The van der Waals surface area contributed by atoms with Gasteiger partial charge in [0.2, 0.25) is 11.7 Å². The van der Waals surface area contributed by atoms with E-state index in [1.54, 1.807) is 21.3 Å². The average molecular weight is 388 g/mol. The van der Waals surface area contributed by atoms with Gasteiger partial charge in [-0.15, -0.1) is 11.8 Å². The third-order valence-corrected chi connectivity index (χ3v) is 5.86. The van der Waals surface area contributed by atoms with Crippen molar-refractivity contribution in [1.82, 2.24) is 0 Å². The van der Waals surface area contributed by atoms with Gasteiger partial charge >= 0.3 is 0 Å². The topological polar surface area (TPSA) is 48.0 Å². The van der Waals surface area contributed by atoms with Crippen LogP contribution in [0.2, 0.25) is 0 Å². The maximum absolute atomic E-state index is 13.1. The molecule has 2 aromatic carbocycles. The van der Waals surface area contributed by atoms with Crippen LogP contribution in [0.1, 0.15) is 18.9 Å². The number of ether oxygens (including phenoxy) is 3. The molecule has 0 aliphatic carbocycles. The Morgan fingerprint density at radius 1 is 1.11 bits per heavy atom. The van der Waals surface area contributed by atoms with E-state index in [1.165, 1.54) is 0 Å². The number of carbonyl (C=O) groups is 1. The summed E-state index contributed by atoms with van der Waals surface area (Å²) in [5.41, 5.74) is 1.82. The lowest BCUT2D eigenvalue weighted by molar-refractivity contribution is -0.118. The van der Waals surface area contributed by atoms with E-state index < -0.39 is 0 Å². The molecular weight excluding hydrogens is 362 g/mol. The number of benzene rings is 2. The number of methoxy groups -OCH3 is 3. The first kappa shape index (κ1) is 19.4. The lowest BCUT2D eigenvalue weighted by Gasteiger charge is -2.23. The zero-order valence-corrected chi connectivity index (χ0v) is 17.0. The van der Waals surface area contributed by atoms with Crippen molar-refractivity contribution in [3.63, 3.8) is 0 Å². The Labute approximate surface area is 164 Å². The zero-order valence-electron chi connectivity index (χ0n) is 16.2. The van der Waals surface area contributed by atoms with Crippen molar-refractivity contribution in [1.29, 1.82) is 0 Å². The Kier molecular flexibility index (Phi) is 6.16. The molecule has 144 valence electrons. The maximum Gasteiger partial charge on any atom is 0.231 e. The predicted octanol–water partition coefficient (Wildman–Crippen LogP) is 4.17. The molecule has 0 N–H and O–H groups in total. The SMILES string of the molecule is COc1cc(CC(=O)N2CCC(C)Sc3ccccc32)cc(OC)c1OC. The van der Waals surface area contributed by atoms with Crippen molar-refractivity contribution >= 4 is 23.4 Å². The lowest BCUT2D eigenvalue weighted by Crippen LogP contribution is -2.33. The van der Waals surface area contributed by atoms with Crippen molar-refractivity contribution < 1.29 is 19.0 Å². The number of amides is 1. The summed E-state index contributed by atoms with van der Waals surface area (Å²) in [4.78, 5) is 16.2. The first-order chi connectivity index (χ1) is 13.1. The van der Waals surface area contributed by atoms with E-state index in [9.17, 15) is 4.79 Å². The summed E-state index contributed by atoms with van der Waals surface area (Å²) in [6.07, 6.45) is 1.23. The van der Waals surface area contributed by atoms with Crippen molar-refractivity contribution in [3.05, 3.63) is 42.0 Å². The van der Waals surface area contributed by atoms with Crippen LogP contribution < -0.4 is 19.1 Å². The van der Waals surface area contributed by atoms with E-state index in [2.05, 4.69) is 13.0 Å². The van der Waals surface area contributed by atoms with E-state index >= 15 is 0 Å². The molecule has 0 spiro atoms. The highest BCUT2D eigenvalue weighted by Gasteiger charge is 2.25. The largest absolute Gasteiger partial charge is 0.493 e. The second-order valence-corrected chi connectivity index (χ2v) is 7.92.